The lowest BCUT2D eigenvalue weighted by Crippen LogP contribution is -2.37. The number of hydrogen-bond donors (Lipinski definition) is 1. The van der Waals surface area contributed by atoms with Gasteiger partial charge in [0, 0.05) is 23.0 Å². The van der Waals surface area contributed by atoms with Crippen LogP contribution >= 0.6 is 15.9 Å². The molecule has 0 aliphatic carbocycles. The lowest BCUT2D eigenvalue weighted by molar-refractivity contribution is -0.121. The summed E-state index contributed by atoms with van der Waals surface area (Å²) in [5, 5.41) is 3.01. The number of methoxy groups -OCH3 is 2. The third kappa shape index (κ3) is 5.23. The molecule has 1 aliphatic rings. The van der Waals surface area contributed by atoms with Gasteiger partial charge in [-0.05, 0) is 55.8 Å². The summed E-state index contributed by atoms with van der Waals surface area (Å²) in [4.78, 5) is 15.1. The number of likely N-dealkylation sites (tertiary alicyclic amines) is 1. The van der Waals surface area contributed by atoms with Gasteiger partial charge in [-0.2, -0.15) is 0 Å². The summed E-state index contributed by atoms with van der Waals surface area (Å²) >= 11 is 3.52. The van der Waals surface area contributed by atoms with Gasteiger partial charge in [0.25, 0.3) is 0 Å². The Kier molecular flexibility index (Phi) is 6.74. The second kappa shape index (κ2) is 9.24. The van der Waals surface area contributed by atoms with E-state index in [1.165, 1.54) is 5.56 Å². The fourth-order valence-corrected chi connectivity index (χ4v) is 3.84. The SMILES string of the molecule is COc1ccc(OC)c(NC(=O)C2CCN(Cc3cccc(Br)c3)CC2)c1. The largest absolute Gasteiger partial charge is 0.497 e. The molecule has 0 spiro atoms. The summed E-state index contributed by atoms with van der Waals surface area (Å²) in [6.07, 6.45) is 1.71. The molecule has 0 atom stereocenters. The van der Waals surface area contributed by atoms with Crippen molar-refractivity contribution in [2.45, 2.75) is 19.4 Å². The fraction of sp³-hybridized carbons (Fsp3) is 0.381. The zero-order valence-electron chi connectivity index (χ0n) is 15.7. The zero-order chi connectivity index (χ0) is 19.2. The van der Waals surface area contributed by atoms with Crippen molar-refractivity contribution in [2.75, 3.05) is 32.6 Å². The van der Waals surface area contributed by atoms with Crippen LogP contribution in [0.1, 0.15) is 18.4 Å². The Bertz CT molecular complexity index is 789. The Morgan fingerprint density at radius 3 is 2.59 bits per heavy atom. The monoisotopic (exact) mass is 432 g/mol. The van der Waals surface area contributed by atoms with Crippen LogP contribution in [0.2, 0.25) is 0 Å². The molecule has 0 aromatic heterocycles. The van der Waals surface area contributed by atoms with E-state index in [0.717, 1.165) is 36.9 Å². The van der Waals surface area contributed by atoms with Gasteiger partial charge in [-0.1, -0.05) is 28.1 Å². The molecule has 5 nitrogen and oxygen atoms in total. The number of carbonyl (C=O) groups is 1. The third-order valence-electron chi connectivity index (χ3n) is 4.92. The maximum absolute atomic E-state index is 12.7. The molecule has 1 aliphatic heterocycles. The van der Waals surface area contributed by atoms with E-state index in [2.05, 4.69) is 44.3 Å². The van der Waals surface area contributed by atoms with Crippen molar-refractivity contribution < 1.29 is 14.3 Å². The molecule has 1 saturated heterocycles. The van der Waals surface area contributed by atoms with E-state index in [4.69, 9.17) is 9.47 Å². The van der Waals surface area contributed by atoms with Gasteiger partial charge < -0.3 is 14.8 Å². The molecule has 3 rings (SSSR count). The molecule has 27 heavy (non-hydrogen) atoms. The standard InChI is InChI=1S/C21H25BrN2O3/c1-26-18-6-7-20(27-2)19(13-18)23-21(25)16-8-10-24(11-9-16)14-15-4-3-5-17(22)12-15/h3-7,12-13,16H,8-11,14H2,1-2H3,(H,23,25). The number of nitrogens with zero attached hydrogens (tertiary/aromatic N) is 1. The number of carbonyl (C=O) groups excluding carboxylic acids is 1. The Morgan fingerprint density at radius 1 is 1.15 bits per heavy atom. The first-order valence-corrected chi connectivity index (χ1v) is 9.88. The van der Waals surface area contributed by atoms with E-state index in [0.29, 0.717) is 17.2 Å². The Morgan fingerprint density at radius 2 is 1.93 bits per heavy atom. The van der Waals surface area contributed by atoms with Gasteiger partial charge in [-0.25, -0.2) is 0 Å². The Hall–Kier alpha value is -2.05. The Balaban J connectivity index is 1.56. The number of piperidine rings is 1. The first-order valence-electron chi connectivity index (χ1n) is 9.08. The van der Waals surface area contributed by atoms with E-state index in [1.54, 1.807) is 26.4 Å². The average molecular weight is 433 g/mol. The minimum Gasteiger partial charge on any atom is -0.497 e. The minimum atomic E-state index is 0.0136. The van der Waals surface area contributed by atoms with Crippen molar-refractivity contribution in [2.24, 2.45) is 5.92 Å². The number of amides is 1. The highest BCUT2D eigenvalue weighted by Gasteiger charge is 2.25. The molecule has 0 unspecified atom stereocenters. The second-order valence-corrected chi connectivity index (χ2v) is 7.65. The highest BCUT2D eigenvalue weighted by Crippen LogP contribution is 2.30. The molecule has 0 bridgehead atoms. The smallest absolute Gasteiger partial charge is 0.227 e. The molecule has 1 heterocycles. The Labute approximate surface area is 168 Å². The zero-order valence-corrected chi connectivity index (χ0v) is 17.3. The highest BCUT2D eigenvalue weighted by atomic mass is 79.9. The normalized spacial score (nSPS) is 15.4. The van der Waals surface area contributed by atoms with E-state index >= 15 is 0 Å². The van der Waals surface area contributed by atoms with Gasteiger partial charge >= 0.3 is 0 Å². The topological polar surface area (TPSA) is 50.8 Å². The van der Waals surface area contributed by atoms with Crippen LogP contribution in [0.25, 0.3) is 0 Å². The summed E-state index contributed by atoms with van der Waals surface area (Å²) in [5.41, 5.74) is 1.94. The fourth-order valence-electron chi connectivity index (χ4n) is 3.39. The molecule has 1 N–H and O–H groups in total. The quantitative estimate of drug-likeness (QED) is 0.738. The van der Waals surface area contributed by atoms with Crippen molar-refractivity contribution >= 4 is 27.5 Å². The van der Waals surface area contributed by atoms with Gasteiger partial charge in [-0.3, -0.25) is 9.69 Å². The molecule has 2 aromatic rings. The van der Waals surface area contributed by atoms with Crippen LogP contribution in [-0.4, -0.2) is 38.1 Å². The van der Waals surface area contributed by atoms with Crippen molar-refractivity contribution in [3.63, 3.8) is 0 Å². The first kappa shape index (κ1) is 19.7. The van der Waals surface area contributed by atoms with Crippen LogP contribution in [-0.2, 0) is 11.3 Å². The van der Waals surface area contributed by atoms with Crippen LogP contribution < -0.4 is 14.8 Å². The highest BCUT2D eigenvalue weighted by molar-refractivity contribution is 9.10. The number of anilines is 1. The predicted octanol–water partition coefficient (Wildman–Crippen LogP) is 4.32. The summed E-state index contributed by atoms with van der Waals surface area (Å²) < 4.78 is 11.7. The van der Waals surface area contributed by atoms with E-state index in [9.17, 15) is 4.79 Å². The molecule has 144 valence electrons. The summed E-state index contributed by atoms with van der Waals surface area (Å²) in [6.45, 7) is 2.75. The second-order valence-electron chi connectivity index (χ2n) is 6.74. The number of benzene rings is 2. The van der Waals surface area contributed by atoms with E-state index < -0.39 is 0 Å². The lowest BCUT2D eigenvalue weighted by atomic mass is 9.95. The molecular weight excluding hydrogens is 408 g/mol. The summed E-state index contributed by atoms with van der Waals surface area (Å²) in [5.74, 6) is 1.38. The van der Waals surface area contributed by atoms with Crippen LogP contribution in [0.15, 0.2) is 46.9 Å². The van der Waals surface area contributed by atoms with Gasteiger partial charge in [0.2, 0.25) is 5.91 Å². The first-order chi connectivity index (χ1) is 13.1. The molecule has 6 heteroatoms. The molecule has 1 fully saturated rings. The van der Waals surface area contributed by atoms with Crippen molar-refractivity contribution in [3.8, 4) is 11.5 Å². The van der Waals surface area contributed by atoms with E-state index in [-0.39, 0.29) is 11.8 Å². The maximum atomic E-state index is 12.7. The van der Waals surface area contributed by atoms with Crippen molar-refractivity contribution in [3.05, 3.63) is 52.5 Å². The van der Waals surface area contributed by atoms with Gasteiger partial charge in [0.1, 0.15) is 11.5 Å². The summed E-state index contributed by atoms with van der Waals surface area (Å²) in [7, 11) is 3.20. The summed E-state index contributed by atoms with van der Waals surface area (Å²) in [6, 6.07) is 13.8. The van der Waals surface area contributed by atoms with Crippen LogP contribution in [0.3, 0.4) is 0 Å². The number of halogens is 1. The molecular formula is C21H25BrN2O3. The average Bonchev–Trinajstić information content (AvgIpc) is 2.68. The van der Waals surface area contributed by atoms with Crippen LogP contribution in [0.5, 0.6) is 11.5 Å². The maximum Gasteiger partial charge on any atom is 0.227 e. The van der Waals surface area contributed by atoms with Crippen molar-refractivity contribution in [1.82, 2.24) is 4.90 Å². The third-order valence-corrected chi connectivity index (χ3v) is 5.41. The number of hydrogen-bond acceptors (Lipinski definition) is 4. The van der Waals surface area contributed by atoms with Gasteiger partial charge in [0.05, 0.1) is 19.9 Å². The van der Waals surface area contributed by atoms with Crippen molar-refractivity contribution in [1.29, 1.82) is 0 Å². The van der Waals surface area contributed by atoms with Crippen LogP contribution in [0, 0.1) is 5.92 Å². The predicted molar refractivity (Wildman–Crippen MR) is 110 cm³/mol. The van der Waals surface area contributed by atoms with E-state index in [1.807, 2.05) is 12.1 Å². The van der Waals surface area contributed by atoms with Gasteiger partial charge in [0.15, 0.2) is 0 Å². The van der Waals surface area contributed by atoms with Gasteiger partial charge in [-0.15, -0.1) is 0 Å². The number of rotatable bonds is 6. The minimum absolute atomic E-state index is 0.0136. The number of nitrogens with one attached hydrogen (secondary N) is 1. The lowest BCUT2D eigenvalue weighted by Gasteiger charge is -2.31. The molecule has 0 radical (unpaired) electrons. The molecule has 2 aromatic carbocycles. The molecule has 0 saturated carbocycles. The van der Waals surface area contributed by atoms with Crippen LogP contribution in [0.4, 0.5) is 5.69 Å². The number of ether oxygens (including phenoxy) is 2. The molecule has 1 amide bonds.